The van der Waals surface area contributed by atoms with Gasteiger partial charge in [0, 0.05) is 17.8 Å². The van der Waals surface area contributed by atoms with Crippen LogP contribution in [0.15, 0.2) is 30.3 Å². The van der Waals surface area contributed by atoms with Crippen molar-refractivity contribution < 1.29 is 29.1 Å². The molecule has 0 saturated carbocycles. The van der Waals surface area contributed by atoms with Gasteiger partial charge in [0.2, 0.25) is 11.8 Å². The zero-order valence-electron chi connectivity index (χ0n) is 17.4. The molecule has 0 spiro atoms. The molecule has 6 amide bonds. The van der Waals surface area contributed by atoms with Crippen LogP contribution < -0.4 is 16.0 Å². The summed E-state index contributed by atoms with van der Waals surface area (Å²) in [6, 6.07) is 4.14. The molecule has 0 bridgehead atoms. The minimum absolute atomic E-state index is 0.175. The Morgan fingerprint density at radius 3 is 2.50 bits per heavy atom. The predicted octanol–water partition coefficient (Wildman–Crippen LogP) is 0.0942. The SMILES string of the molecule is CC1(C)S[C@@H]2[C@H](NC(=O)[C@H](NC(=O)N3CCNC3=O)c3ccccc3)C(=O)N2[C@@H]1C(=O)O. The summed E-state index contributed by atoms with van der Waals surface area (Å²) in [6.07, 6.45) is 0. The number of β-lactam (4-membered cyclic amide) rings is 1. The Kier molecular flexibility index (Phi) is 5.49. The maximum absolute atomic E-state index is 13.1. The minimum atomic E-state index is -1.14. The van der Waals surface area contributed by atoms with E-state index in [0.717, 1.165) is 4.90 Å². The van der Waals surface area contributed by atoms with Gasteiger partial charge in [-0.15, -0.1) is 11.8 Å². The van der Waals surface area contributed by atoms with Gasteiger partial charge in [-0.2, -0.15) is 0 Å². The molecule has 3 heterocycles. The number of nitrogens with one attached hydrogen (secondary N) is 3. The smallest absolute Gasteiger partial charge is 0.327 e. The summed E-state index contributed by atoms with van der Waals surface area (Å²) in [5, 5.41) is 16.8. The largest absolute Gasteiger partial charge is 0.480 e. The van der Waals surface area contributed by atoms with Crippen LogP contribution in [0.3, 0.4) is 0 Å². The lowest BCUT2D eigenvalue weighted by atomic mass is 9.95. The number of carboxylic acids is 1. The minimum Gasteiger partial charge on any atom is -0.480 e. The van der Waals surface area contributed by atoms with Gasteiger partial charge >= 0.3 is 18.0 Å². The fraction of sp³-hybridized carbons (Fsp3) is 0.450. The van der Waals surface area contributed by atoms with Gasteiger partial charge in [0.1, 0.15) is 23.5 Å². The van der Waals surface area contributed by atoms with Gasteiger partial charge < -0.3 is 26.0 Å². The number of hydrogen-bond donors (Lipinski definition) is 4. The molecule has 12 heteroatoms. The van der Waals surface area contributed by atoms with E-state index in [2.05, 4.69) is 16.0 Å². The van der Waals surface area contributed by atoms with E-state index in [0.29, 0.717) is 12.1 Å². The zero-order valence-corrected chi connectivity index (χ0v) is 18.2. The molecular formula is C20H23N5O6S. The molecule has 1 aromatic rings. The van der Waals surface area contributed by atoms with Crippen molar-refractivity contribution in [2.75, 3.05) is 13.1 Å². The van der Waals surface area contributed by atoms with Crippen molar-refractivity contribution in [1.29, 1.82) is 0 Å². The molecule has 11 nitrogen and oxygen atoms in total. The average Bonchev–Trinajstić information content (AvgIpc) is 3.29. The highest BCUT2D eigenvalue weighted by Gasteiger charge is 2.64. The molecular weight excluding hydrogens is 438 g/mol. The van der Waals surface area contributed by atoms with Crippen LogP contribution in [0, 0.1) is 0 Å². The van der Waals surface area contributed by atoms with Crippen molar-refractivity contribution in [3.63, 3.8) is 0 Å². The highest BCUT2D eigenvalue weighted by molar-refractivity contribution is 8.01. The molecule has 3 fully saturated rings. The molecule has 4 rings (SSSR count). The number of carbonyl (C=O) groups is 5. The quantitative estimate of drug-likeness (QED) is 0.454. The van der Waals surface area contributed by atoms with Crippen LogP contribution in [-0.2, 0) is 14.4 Å². The molecule has 3 aliphatic heterocycles. The van der Waals surface area contributed by atoms with Gasteiger partial charge in [0.25, 0.3) is 0 Å². The van der Waals surface area contributed by atoms with Gasteiger partial charge in [0.15, 0.2) is 0 Å². The molecule has 4 N–H and O–H groups in total. The van der Waals surface area contributed by atoms with E-state index in [1.165, 1.54) is 16.7 Å². The van der Waals surface area contributed by atoms with Crippen molar-refractivity contribution in [2.45, 2.75) is 42.1 Å². The number of urea groups is 2. The molecule has 0 unspecified atom stereocenters. The summed E-state index contributed by atoms with van der Waals surface area (Å²) in [5.41, 5.74) is 0.476. The van der Waals surface area contributed by atoms with E-state index >= 15 is 0 Å². The summed E-state index contributed by atoms with van der Waals surface area (Å²) in [4.78, 5) is 64.2. The van der Waals surface area contributed by atoms with E-state index < -0.39 is 58.1 Å². The first kappa shape index (κ1) is 21.9. The molecule has 1 aromatic carbocycles. The monoisotopic (exact) mass is 461 g/mol. The van der Waals surface area contributed by atoms with Gasteiger partial charge in [-0.25, -0.2) is 19.3 Å². The van der Waals surface area contributed by atoms with Crippen LogP contribution in [0.25, 0.3) is 0 Å². The molecule has 3 aliphatic rings. The van der Waals surface area contributed by atoms with Crippen LogP contribution in [0.5, 0.6) is 0 Å². The molecule has 32 heavy (non-hydrogen) atoms. The fourth-order valence-corrected chi connectivity index (χ4v) is 5.82. The molecule has 0 radical (unpaired) electrons. The normalized spacial score (nSPS) is 26.6. The number of fused-ring (bicyclic) bond motifs is 1. The first-order valence-corrected chi connectivity index (χ1v) is 10.9. The number of benzene rings is 1. The number of nitrogens with zero attached hydrogens (tertiary/aromatic N) is 2. The third-order valence-electron chi connectivity index (χ3n) is 5.74. The van der Waals surface area contributed by atoms with E-state index in [9.17, 15) is 29.1 Å². The Hall–Kier alpha value is -3.28. The van der Waals surface area contributed by atoms with Crippen molar-refractivity contribution in [3.8, 4) is 0 Å². The van der Waals surface area contributed by atoms with E-state index in [1.54, 1.807) is 44.2 Å². The van der Waals surface area contributed by atoms with E-state index in [-0.39, 0.29) is 6.54 Å². The third-order valence-corrected chi connectivity index (χ3v) is 7.31. The summed E-state index contributed by atoms with van der Waals surface area (Å²) in [6.45, 7) is 3.98. The summed E-state index contributed by atoms with van der Waals surface area (Å²) in [7, 11) is 0. The molecule has 0 aliphatic carbocycles. The lowest BCUT2D eigenvalue weighted by Gasteiger charge is -2.44. The number of hydrogen-bond acceptors (Lipinski definition) is 6. The van der Waals surface area contributed by atoms with Gasteiger partial charge in [-0.1, -0.05) is 30.3 Å². The van der Waals surface area contributed by atoms with Crippen LogP contribution in [0.4, 0.5) is 9.59 Å². The molecule has 4 atom stereocenters. The number of aliphatic carboxylic acids is 1. The summed E-state index contributed by atoms with van der Waals surface area (Å²) >= 11 is 1.31. The van der Waals surface area contributed by atoms with Crippen LogP contribution in [0.1, 0.15) is 25.5 Å². The van der Waals surface area contributed by atoms with Gasteiger partial charge in [0.05, 0.1) is 0 Å². The van der Waals surface area contributed by atoms with Crippen LogP contribution in [-0.4, -0.2) is 80.0 Å². The average molecular weight is 462 g/mol. The van der Waals surface area contributed by atoms with E-state index in [1.807, 2.05) is 0 Å². The highest BCUT2D eigenvalue weighted by atomic mass is 32.2. The molecule has 3 saturated heterocycles. The Morgan fingerprint density at radius 1 is 1.22 bits per heavy atom. The van der Waals surface area contributed by atoms with Crippen LogP contribution >= 0.6 is 11.8 Å². The van der Waals surface area contributed by atoms with E-state index in [4.69, 9.17) is 0 Å². The van der Waals surface area contributed by atoms with Crippen molar-refractivity contribution in [2.24, 2.45) is 0 Å². The Bertz CT molecular complexity index is 986. The standard InChI is InChI=1S/C20H23N5O6S/c1-20(2)13(17(28)29)25-15(27)12(16(25)32-20)22-14(26)11(10-6-4-3-5-7-10)23-19(31)24-9-8-21-18(24)30/h3-7,11-13,16H,8-9H2,1-2H3,(H,21,30)(H,22,26)(H,23,31)(H,28,29)/t11-,12-,13-,16-/m1/s1. The lowest BCUT2D eigenvalue weighted by molar-refractivity contribution is -0.161. The number of amides is 6. The Morgan fingerprint density at radius 2 is 1.91 bits per heavy atom. The van der Waals surface area contributed by atoms with Gasteiger partial charge in [-0.05, 0) is 19.4 Å². The third kappa shape index (κ3) is 3.64. The van der Waals surface area contributed by atoms with Crippen molar-refractivity contribution >= 4 is 41.6 Å². The predicted molar refractivity (Wildman–Crippen MR) is 113 cm³/mol. The fourth-order valence-electron chi connectivity index (χ4n) is 4.19. The first-order chi connectivity index (χ1) is 15.1. The summed E-state index contributed by atoms with van der Waals surface area (Å²) < 4.78 is -0.720. The Labute approximate surface area is 187 Å². The topological polar surface area (TPSA) is 148 Å². The maximum Gasteiger partial charge on any atom is 0.327 e. The van der Waals surface area contributed by atoms with Crippen LogP contribution in [0.2, 0.25) is 0 Å². The number of imide groups is 1. The van der Waals surface area contributed by atoms with Crippen molar-refractivity contribution in [1.82, 2.24) is 25.8 Å². The lowest BCUT2D eigenvalue weighted by Crippen LogP contribution is -2.71. The maximum atomic E-state index is 13.1. The number of thioether (sulfide) groups is 1. The second-order valence-electron chi connectivity index (χ2n) is 8.26. The molecule has 170 valence electrons. The van der Waals surface area contributed by atoms with Gasteiger partial charge in [-0.3, -0.25) is 9.59 Å². The second kappa shape index (κ2) is 8.01. The summed E-state index contributed by atoms with van der Waals surface area (Å²) in [5.74, 6) is -2.20. The number of rotatable bonds is 5. The van der Waals surface area contributed by atoms with Crippen molar-refractivity contribution in [3.05, 3.63) is 35.9 Å². The molecule has 0 aromatic heterocycles. The first-order valence-electron chi connectivity index (χ1n) is 10.1. The number of carboxylic acid groups (broad SMARTS) is 1. The Balaban J connectivity index is 1.51. The number of carbonyl (C=O) groups excluding carboxylic acids is 4. The second-order valence-corrected chi connectivity index (χ2v) is 10.0. The highest BCUT2D eigenvalue weighted by Crippen LogP contribution is 2.50. The zero-order chi connectivity index (χ0) is 23.2.